The summed E-state index contributed by atoms with van der Waals surface area (Å²) in [6, 6.07) is 8.01. The summed E-state index contributed by atoms with van der Waals surface area (Å²) in [4.78, 5) is 16.5. The van der Waals surface area contributed by atoms with Gasteiger partial charge in [0.25, 0.3) is 10.6 Å². The number of thioether (sulfide) groups is 1. The van der Waals surface area contributed by atoms with Crippen LogP contribution in [0.3, 0.4) is 0 Å². The van der Waals surface area contributed by atoms with Gasteiger partial charge in [-0.3, -0.25) is 9.36 Å². The average Bonchev–Trinajstić information content (AvgIpc) is 3.52. The van der Waals surface area contributed by atoms with Crippen LogP contribution in [-0.2, 0) is 13.1 Å². The Balaban J connectivity index is 1.63. The van der Waals surface area contributed by atoms with Gasteiger partial charge in [-0.15, -0.1) is 11.3 Å². The standard InChI is InChI=1S/C22H19ClN3OS4/c1-3-26-19(11-18-25(7-9-29-18)12-14-6-8-28-13-14)31-20(21(26)27)22-24(2)16-5-4-15(23)10-17(16)30-22/h4-11,13H,3,12H2,1-2H3/q+1/b22-20+. The molecule has 4 heterocycles. The van der Waals surface area contributed by atoms with Crippen LogP contribution >= 0.6 is 57.4 Å². The normalized spacial score (nSPS) is 15.7. The molecule has 1 aliphatic rings. The van der Waals surface area contributed by atoms with Gasteiger partial charge in [0.05, 0.1) is 17.1 Å². The van der Waals surface area contributed by atoms with Gasteiger partial charge in [0.15, 0.2) is 12.7 Å². The molecule has 0 saturated carbocycles. The van der Waals surface area contributed by atoms with Gasteiger partial charge in [0.1, 0.15) is 14.2 Å². The first-order valence-corrected chi connectivity index (χ1v) is 13.5. The molecule has 0 spiro atoms. The largest absolute Gasteiger partial charge is 0.337 e. The third-order valence-corrected chi connectivity index (χ3v) is 9.40. The van der Waals surface area contributed by atoms with E-state index in [0.29, 0.717) is 11.6 Å². The van der Waals surface area contributed by atoms with Crippen molar-refractivity contribution in [2.45, 2.75) is 24.9 Å². The minimum Gasteiger partial charge on any atom is -0.337 e. The van der Waals surface area contributed by atoms with E-state index in [1.165, 1.54) is 5.56 Å². The van der Waals surface area contributed by atoms with E-state index in [1.807, 2.05) is 36.7 Å². The summed E-state index contributed by atoms with van der Waals surface area (Å²) in [6.07, 6.45) is 4.24. The molecule has 0 unspecified atom stereocenters. The van der Waals surface area contributed by atoms with Crippen LogP contribution in [0.1, 0.15) is 17.5 Å². The number of nitrogens with zero attached hydrogens (tertiary/aromatic N) is 3. The van der Waals surface area contributed by atoms with E-state index in [0.717, 1.165) is 36.4 Å². The molecule has 4 aromatic rings. The molecule has 0 radical (unpaired) electrons. The van der Waals surface area contributed by atoms with Gasteiger partial charge in [-0.2, -0.15) is 15.9 Å². The van der Waals surface area contributed by atoms with Crippen LogP contribution in [0.25, 0.3) is 11.1 Å². The first-order valence-electron chi connectivity index (χ1n) is 9.70. The molecule has 5 rings (SSSR count). The van der Waals surface area contributed by atoms with E-state index >= 15 is 0 Å². The summed E-state index contributed by atoms with van der Waals surface area (Å²) in [7, 11) is 2.01. The molecule has 0 N–H and O–H groups in total. The van der Waals surface area contributed by atoms with Crippen LogP contribution in [0, 0.1) is 0 Å². The van der Waals surface area contributed by atoms with Crippen molar-refractivity contribution in [2.24, 2.45) is 0 Å². The second-order valence-electron chi connectivity index (χ2n) is 7.04. The first-order chi connectivity index (χ1) is 15.0. The summed E-state index contributed by atoms with van der Waals surface area (Å²) >= 11 is 12.8. The fourth-order valence-electron chi connectivity index (χ4n) is 3.54. The van der Waals surface area contributed by atoms with Crippen LogP contribution in [0.2, 0.25) is 5.02 Å². The lowest BCUT2D eigenvalue weighted by Crippen LogP contribution is -2.36. The van der Waals surface area contributed by atoms with Crippen LogP contribution in [0.4, 0.5) is 5.69 Å². The van der Waals surface area contributed by atoms with Gasteiger partial charge >= 0.3 is 0 Å². The van der Waals surface area contributed by atoms with Crippen LogP contribution in [-0.4, -0.2) is 11.6 Å². The van der Waals surface area contributed by atoms with Gasteiger partial charge < -0.3 is 4.90 Å². The van der Waals surface area contributed by atoms with E-state index in [2.05, 4.69) is 43.9 Å². The zero-order valence-electron chi connectivity index (χ0n) is 16.9. The van der Waals surface area contributed by atoms with E-state index in [-0.39, 0.29) is 5.56 Å². The molecule has 0 saturated heterocycles. The molecule has 3 aromatic heterocycles. The van der Waals surface area contributed by atoms with Crippen molar-refractivity contribution in [1.29, 1.82) is 0 Å². The Morgan fingerprint density at radius 3 is 2.87 bits per heavy atom. The predicted molar refractivity (Wildman–Crippen MR) is 134 cm³/mol. The Hall–Kier alpha value is -1.84. The van der Waals surface area contributed by atoms with Crippen molar-refractivity contribution in [3.8, 4) is 0 Å². The molecule has 158 valence electrons. The monoisotopic (exact) mass is 504 g/mol. The summed E-state index contributed by atoms with van der Waals surface area (Å²) < 4.78 is 5.85. The van der Waals surface area contributed by atoms with Gasteiger partial charge in [0.2, 0.25) is 0 Å². The number of benzene rings is 1. The Kier molecular flexibility index (Phi) is 5.83. The van der Waals surface area contributed by atoms with Crippen molar-refractivity contribution in [2.75, 3.05) is 11.9 Å². The van der Waals surface area contributed by atoms with E-state index in [4.69, 9.17) is 11.6 Å². The number of hydrogen-bond acceptors (Lipinski definition) is 6. The summed E-state index contributed by atoms with van der Waals surface area (Å²) in [5, 5.41) is 9.18. The second kappa shape index (κ2) is 8.60. The minimum atomic E-state index is 0.0629. The lowest BCUT2D eigenvalue weighted by atomic mass is 10.3. The Morgan fingerprint density at radius 1 is 1.23 bits per heavy atom. The van der Waals surface area contributed by atoms with E-state index in [1.54, 1.807) is 45.8 Å². The molecular weight excluding hydrogens is 486 g/mol. The highest BCUT2D eigenvalue weighted by Gasteiger charge is 2.25. The highest BCUT2D eigenvalue weighted by Crippen LogP contribution is 2.46. The maximum atomic E-state index is 13.3. The highest BCUT2D eigenvalue weighted by atomic mass is 35.5. The fourth-order valence-corrected chi connectivity index (χ4v) is 7.79. The Bertz CT molecular complexity index is 1430. The van der Waals surface area contributed by atoms with Gasteiger partial charge in [0, 0.05) is 34.5 Å². The van der Waals surface area contributed by atoms with E-state index in [9.17, 15) is 4.79 Å². The van der Waals surface area contributed by atoms with Crippen molar-refractivity contribution in [1.82, 2.24) is 4.57 Å². The van der Waals surface area contributed by atoms with Crippen LogP contribution in [0.15, 0.2) is 56.3 Å². The summed E-state index contributed by atoms with van der Waals surface area (Å²) in [5.74, 6) is 0. The number of rotatable bonds is 4. The fraction of sp³-hybridized carbons (Fsp3) is 0.182. The second-order valence-corrected chi connectivity index (χ2v) is 11.2. The van der Waals surface area contributed by atoms with Crippen LogP contribution < -0.4 is 24.2 Å². The summed E-state index contributed by atoms with van der Waals surface area (Å²) in [5.41, 5.74) is 2.43. The maximum Gasteiger partial charge on any atom is 0.271 e. The zero-order valence-corrected chi connectivity index (χ0v) is 20.9. The lowest BCUT2D eigenvalue weighted by Gasteiger charge is -2.12. The quantitative estimate of drug-likeness (QED) is 0.390. The van der Waals surface area contributed by atoms with Gasteiger partial charge in [-0.05, 0) is 36.6 Å². The molecule has 1 aromatic carbocycles. The molecule has 0 atom stereocenters. The number of aromatic nitrogens is 2. The molecular formula is C22H19ClN3OS4+. The van der Waals surface area contributed by atoms with Gasteiger partial charge in [-0.25, -0.2) is 0 Å². The van der Waals surface area contributed by atoms with Crippen molar-refractivity contribution >= 4 is 74.2 Å². The molecule has 0 bridgehead atoms. The van der Waals surface area contributed by atoms with Gasteiger partial charge in [-0.1, -0.05) is 34.7 Å². The topological polar surface area (TPSA) is 29.1 Å². The molecule has 31 heavy (non-hydrogen) atoms. The molecule has 9 heteroatoms. The number of halogens is 1. The minimum absolute atomic E-state index is 0.0629. The van der Waals surface area contributed by atoms with E-state index < -0.39 is 0 Å². The SMILES string of the molecule is CCn1c(=O)/c(=C2\Sc3cc(Cl)ccc3N2C)s/c1=C\c1scc[n+]1Cc1ccsc1. The van der Waals surface area contributed by atoms with Crippen molar-refractivity contribution < 1.29 is 4.57 Å². The smallest absolute Gasteiger partial charge is 0.271 e. The van der Waals surface area contributed by atoms with Crippen LogP contribution in [0.5, 0.6) is 0 Å². The predicted octanol–water partition coefficient (Wildman–Crippen LogP) is 4.18. The lowest BCUT2D eigenvalue weighted by molar-refractivity contribution is -0.685. The highest BCUT2D eigenvalue weighted by molar-refractivity contribution is 8.08. The number of thiazole rings is 2. The summed E-state index contributed by atoms with van der Waals surface area (Å²) in [6.45, 7) is 3.49. The first kappa shape index (κ1) is 21.0. The molecule has 0 amide bonds. The Labute approximate surface area is 201 Å². The number of anilines is 1. The molecule has 4 nitrogen and oxygen atoms in total. The number of fused-ring (bicyclic) bond motifs is 1. The maximum absolute atomic E-state index is 13.3. The average molecular weight is 505 g/mol. The molecule has 0 aliphatic carbocycles. The molecule has 1 aliphatic heterocycles. The number of hydrogen-bond donors (Lipinski definition) is 0. The third-order valence-electron chi connectivity index (χ3n) is 5.11. The van der Waals surface area contributed by atoms with Crippen molar-refractivity contribution in [3.05, 3.63) is 81.7 Å². The number of thiophene rings is 1. The van der Waals surface area contributed by atoms with Crippen molar-refractivity contribution in [3.63, 3.8) is 0 Å². The zero-order chi connectivity index (χ0) is 21.5. The Morgan fingerprint density at radius 2 is 2.10 bits per heavy atom. The molecule has 0 fully saturated rings. The third kappa shape index (κ3) is 3.91.